The topological polar surface area (TPSA) is 95.9 Å². The quantitative estimate of drug-likeness (QED) is 0.721. The number of phenolic OH excluding ortho intramolecular Hbond substituents is 1. The minimum Gasteiger partial charge on any atom is -0.504 e. The van der Waals surface area contributed by atoms with Gasteiger partial charge in [0.2, 0.25) is 5.91 Å². The average molecular weight is 420 g/mol. The Morgan fingerprint density at radius 2 is 2.00 bits per heavy atom. The van der Waals surface area contributed by atoms with Crippen molar-refractivity contribution in [3.05, 3.63) is 58.5 Å². The third-order valence-electron chi connectivity index (χ3n) is 3.88. The van der Waals surface area contributed by atoms with Crippen molar-refractivity contribution in [3.63, 3.8) is 0 Å². The van der Waals surface area contributed by atoms with Crippen molar-refractivity contribution in [2.75, 3.05) is 19.0 Å². The van der Waals surface area contributed by atoms with E-state index < -0.39 is 35.2 Å². The van der Waals surface area contributed by atoms with Crippen molar-refractivity contribution in [3.8, 4) is 11.5 Å². The Bertz CT molecular complexity index is 1040. The number of hydrogen-bond donors (Lipinski definition) is 2. The molecule has 7 nitrogen and oxygen atoms in total. The van der Waals surface area contributed by atoms with Gasteiger partial charge in [0.05, 0.1) is 17.7 Å². The Balaban J connectivity index is 1.72. The molecule has 0 aliphatic carbocycles. The van der Waals surface area contributed by atoms with Gasteiger partial charge in [-0.25, -0.2) is 8.78 Å². The van der Waals surface area contributed by atoms with Crippen LogP contribution in [0.25, 0.3) is 6.08 Å². The third kappa shape index (κ3) is 4.54. The zero-order valence-electron chi connectivity index (χ0n) is 14.9. The zero-order valence-corrected chi connectivity index (χ0v) is 15.8. The summed E-state index contributed by atoms with van der Waals surface area (Å²) in [4.78, 5) is 37.5. The summed E-state index contributed by atoms with van der Waals surface area (Å²) in [5.74, 6) is -3.18. The van der Waals surface area contributed by atoms with E-state index in [1.54, 1.807) is 0 Å². The normalized spacial score (nSPS) is 15.1. The smallest absolute Gasteiger partial charge is 0.294 e. The Hall–Kier alpha value is -3.40. The average Bonchev–Trinajstić information content (AvgIpc) is 2.93. The van der Waals surface area contributed by atoms with Gasteiger partial charge >= 0.3 is 0 Å². The van der Waals surface area contributed by atoms with Crippen LogP contribution in [0.5, 0.6) is 11.5 Å². The molecule has 10 heteroatoms. The molecule has 3 rings (SSSR count). The van der Waals surface area contributed by atoms with E-state index in [1.165, 1.54) is 31.4 Å². The van der Waals surface area contributed by atoms with Crippen molar-refractivity contribution >= 4 is 40.6 Å². The minimum absolute atomic E-state index is 0.0727. The number of imide groups is 1. The van der Waals surface area contributed by atoms with Gasteiger partial charge < -0.3 is 15.2 Å². The van der Waals surface area contributed by atoms with E-state index >= 15 is 0 Å². The molecule has 0 aromatic heterocycles. The van der Waals surface area contributed by atoms with Crippen LogP contribution in [0.1, 0.15) is 5.56 Å². The predicted molar refractivity (Wildman–Crippen MR) is 102 cm³/mol. The maximum Gasteiger partial charge on any atom is 0.294 e. The summed E-state index contributed by atoms with van der Waals surface area (Å²) in [6.07, 6.45) is 1.42. The van der Waals surface area contributed by atoms with Crippen LogP contribution in [0.3, 0.4) is 0 Å². The van der Waals surface area contributed by atoms with Crippen molar-refractivity contribution in [2.45, 2.75) is 0 Å². The molecule has 0 saturated carbocycles. The van der Waals surface area contributed by atoms with Gasteiger partial charge in [-0.1, -0.05) is 6.07 Å². The molecule has 1 aliphatic rings. The van der Waals surface area contributed by atoms with Crippen molar-refractivity contribution in [1.29, 1.82) is 0 Å². The van der Waals surface area contributed by atoms with E-state index in [1.807, 2.05) is 0 Å². The second kappa shape index (κ2) is 8.31. The molecule has 1 heterocycles. The predicted octanol–water partition coefficient (Wildman–Crippen LogP) is 3.35. The number of benzene rings is 2. The van der Waals surface area contributed by atoms with E-state index in [2.05, 4.69) is 5.32 Å². The van der Waals surface area contributed by atoms with E-state index in [0.717, 1.165) is 12.1 Å². The molecule has 29 heavy (non-hydrogen) atoms. The molecule has 0 atom stereocenters. The molecule has 0 spiro atoms. The first-order chi connectivity index (χ1) is 13.8. The molecular weight excluding hydrogens is 406 g/mol. The van der Waals surface area contributed by atoms with Crippen molar-refractivity contribution < 1.29 is 33.0 Å². The number of carbonyl (C=O) groups is 3. The monoisotopic (exact) mass is 420 g/mol. The van der Waals surface area contributed by atoms with Crippen LogP contribution in [-0.4, -0.2) is 40.7 Å². The van der Waals surface area contributed by atoms with Crippen molar-refractivity contribution in [2.24, 2.45) is 0 Å². The SMILES string of the molecule is COc1cc(/C=C2/SC(=O)N(CC(=O)Nc3ccc(F)cc3F)C2=O)ccc1O. The molecule has 1 fully saturated rings. The van der Waals surface area contributed by atoms with Gasteiger partial charge in [-0.15, -0.1) is 0 Å². The number of halogens is 2. The number of nitrogens with zero attached hydrogens (tertiary/aromatic N) is 1. The molecule has 3 amide bonds. The van der Waals surface area contributed by atoms with Gasteiger partial charge in [-0.2, -0.15) is 0 Å². The standard InChI is InChI=1S/C19H14F2N2O5S/c1-28-15-6-10(2-5-14(15)24)7-16-18(26)23(19(27)29-16)9-17(25)22-13-4-3-11(20)8-12(13)21/h2-8,24H,9H2,1H3,(H,22,25)/b16-7+. The number of amides is 3. The molecule has 150 valence electrons. The molecule has 0 bridgehead atoms. The Morgan fingerprint density at radius 1 is 1.24 bits per heavy atom. The second-order valence-corrected chi connectivity index (χ2v) is 6.86. The van der Waals surface area contributed by atoms with E-state index in [-0.39, 0.29) is 22.1 Å². The second-order valence-electron chi connectivity index (χ2n) is 5.87. The van der Waals surface area contributed by atoms with E-state index in [4.69, 9.17) is 4.74 Å². The van der Waals surface area contributed by atoms with Crippen LogP contribution in [0.15, 0.2) is 41.3 Å². The first-order valence-electron chi connectivity index (χ1n) is 8.15. The molecule has 0 unspecified atom stereocenters. The number of methoxy groups -OCH3 is 1. The van der Waals surface area contributed by atoms with E-state index in [9.17, 15) is 28.3 Å². The lowest BCUT2D eigenvalue weighted by Gasteiger charge is -2.12. The number of hydrogen-bond acceptors (Lipinski definition) is 6. The fourth-order valence-corrected chi connectivity index (χ4v) is 3.33. The molecule has 0 radical (unpaired) electrons. The number of anilines is 1. The first kappa shape index (κ1) is 20.3. The Labute approximate surface area is 168 Å². The summed E-state index contributed by atoms with van der Waals surface area (Å²) in [6.45, 7) is -0.627. The largest absolute Gasteiger partial charge is 0.504 e. The third-order valence-corrected chi connectivity index (χ3v) is 4.79. The lowest BCUT2D eigenvalue weighted by atomic mass is 10.2. The van der Waals surface area contributed by atoms with Crippen LogP contribution in [-0.2, 0) is 9.59 Å². The summed E-state index contributed by atoms with van der Waals surface area (Å²) in [5.41, 5.74) is 0.234. The van der Waals surface area contributed by atoms with Gasteiger partial charge in [-0.05, 0) is 47.7 Å². The Kier molecular flexibility index (Phi) is 5.83. The Morgan fingerprint density at radius 3 is 2.69 bits per heavy atom. The van der Waals surface area contributed by atoms with Crippen LogP contribution in [0.4, 0.5) is 19.3 Å². The molecular formula is C19H14F2N2O5S. The van der Waals surface area contributed by atoms with Crippen LogP contribution >= 0.6 is 11.8 Å². The number of carbonyl (C=O) groups excluding carboxylic acids is 3. The molecule has 1 aliphatic heterocycles. The van der Waals surface area contributed by atoms with Gasteiger partial charge in [0.1, 0.15) is 18.2 Å². The van der Waals surface area contributed by atoms with Crippen LogP contribution < -0.4 is 10.1 Å². The maximum absolute atomic E-state index is 13.6. The number of phenols is 1. The zero-order chi connectivity index (χ0) is 21.1. The van der Waals surface area contributed by atoms with Crippen molar-refractivity contribution in [1.82, 2.24) is 4.90 Å². The fraction of sp³-hybridized carbons (Fsp3) is 0.105. The van der Waals surface area contributed by atoms with E-state index in [0.29, 0.717) is 28.3 Å². The minimum atomic E-state index is -0.978. The summed E-state index contributed by atoms with van der Waals surface area (Å²) in [5, 5.41) is 11.1. The lowest BCUT2D eigenvalue weighted by Crippen LogP contribution is -2.36. The summed E-state index contributed by atoms with van der Waals surface area (Å²) >= 11 is 0.639. The molecule has 2 N–H and O–H groups in total. The van der Waals surface area contributed by atoms with Gasteiger partial charge in [0.15, 0.2) is 11.5 Å². The number of ether oxygens (including phenoxy) is 1. The fourth-order valence-electron chi connectivity index (χ4n) is 2.50. The van der Waals surface area contributed by atoms with Crippen LogP contribution in [0.2, 0.25) is 0 Å². The lowest BCUT2D eigenvalue weighted by molar-refractivity contribution is -0.127. The molecule has 1 saturated heterocycles. The highest BCUT2D eigenvalue weighted by Crippen LogP contribution is 2.34. The molecule has 2 aromatic rings. The number of aromatic hydroxyl groups is 1. The summed E-state index contributed by atoms with van der Waals surface area (Å²) in [6, 6.07) is 6.98. The van der Waals surface area contributed by atoms with Gasteiger partial charge in [0.25, 0.3) is 11.1 Å². The highest BCUT2D eigenvalue weighted by atomic mass is 32.2. The first-order valence-corrected chi connectivity index (χ1v) is 8.97. The number of thioether (sulfide) groups is 1. The van der Waals surface area contributed by atoms with Crippen LogP contribution in [0, 0.1) is 11.6 Å². The number of nitrogens with one attached hydrogen (secondary N) is 1. The highest BCUT2D eigenvalue weighted by molar-refractivity contribution is 8.18. The summed E-state index contributed by atoms with van der Waals surface area (Å²) in [7, 11) is 1.37. The number of rotatable bonds is 5. The molecule has 2 aromatic carbocycles. The maximum atomic E-state index is 13.6. The van der Waals surface area contributed by atoms with Gasteiger partial charge in [-0.3, -0.25) is 19.3 Å². The summed E-state index contributed by atoms with van der Waals surface area (Å²) < 4.78 is 31.5. The highest BCUT2D eigenvalue weighted by Gasteiger charge is 2.36. The van der Waals surface area contributed by atoms with Gasteiger partial charge in [0, 0.05) is 6.07 Å².